The number of aromatic nitrogens is 1. The second kappa shape index (κ2) is 22.9. The Bertz CT molecular complexity index is 3450. The summed E-state index contributed by atoms with van der Waals surface area (Å²) in [7, 11) is 0. The number of benzene rings is 7. The SMILES string of the molecule is CC(C)c1c(-c2ccccc2)cc2cc(Oc3cccs3)ccc2c1C(=O)NCc1ccc(F)c(F)c1.CC(C)c1c(-c2ccccc2)nc2cc(OC3CCCC3)ccc2c1C(=O)NCc1ccc(F)c(F)c1. The first-order valence-electron chi connectivity index (χ1n) is 24.8. The Morgan fingerprint density at radius 3 is 1.73 bits per heavy atom. The number of nitrogens with one attached hydrogen (secondary N) is 2. The average molecular weight is 1010 g/mol. The number of pyridine rings is 1. The van der Waals surface area contributed by atoms with Gasteiger partial charge >= 0.3 is 0 Å². The highest BCUT2D eigenvalue weighted by molar-refractivity contribution is 7.11. The smallest absolute Gasteiger partial charge is 0.252 e. The number of thiophene rings is 1. The van der Waals surface area contributed by atoms with Gasteiger partial charge in [0.1, 0.15) is 11.5 Å². The Hall–Kier alpha value is -7.83. The second-order valence-electron chi connectivity index (χ2n) is 19.0. The van der Waals surface area contributed by atoms with Crippen LogP contribution < -0.4 is 20.1 Å². The van der Waals surface area contributed by atoms with E-state index in [0.717, 1.165) is 97.6 Å². The fourth-order valence-electron chi connectivity index (χ4n) is 9.60. The summed E-state index contributed by atoms with van der Waals surface area (Å²) in [5.41, 5.74) is 8.15. The Labute approximate surface area is 432 Å². The lowest BCUT2D eigenvalue weighted by Gasteiger charge is -2.21. The van der Waals surface area contributed by atoms with Gasteiger partial charge in [0.2, 0.25) is 0 Å². The molecule has 1 fully saturated rings. The van der Waals surface area contributed by atoms with Gasteiger partial charge in [0, 0.05) is 30.1 Å². The van der Waals surface area contributed by atoms with E-state index in [4.69, 9.17) is 14.5 Å². The fourth-order valence-corrected chi connectivity index (χ4v) is 10.2. The van der Waals surface area contributed by atoms with Crippen LogP contribution in [0.15, 0.2) is 157 Å². The van der Waals surface area contributed by atoms with Gasteiger partial charge in [-0.05, 0) is 160 Å². The van der Waals surface area contributed by atoms with Gasteiger partial charge in [0.25, 0.3) is 11.8 Å². The van der Waals surface area contributed by atoms with Crippen molar-refractivity contribution in [3.63, 3.8) is 0 Å². The van der Waals surface area contributed by atoms with Crippen LogP contribution in [0.25, 0.3) is 44.1 Å². The highest BCUT2D eigenvalue weighted by atomic mass is 32.1. The van der Waals surface area contributed by atoms with Crippen LogP contribution in [0.1, 0.15) is 108 Å². The Morgan fingerprint density at radius 2 is 1.16 bits per heavy atom. The molecule has 0 unspecified atom stereocenters. The minimum Gasteiger partial charge on any atom is -0.490 e. The first kappa shape index (κ1) is 51.1. The van der Waals surface area contributed by atoms with Gasteiger partial charge in [-0.2, -0.15) is 0 Å². The highest BCUT2D eigenvalue weighted by Gasteiger charge is 2.26. The number of hydrogen-bond donors (Lipinski definition) is 2. The van der Waals surface area contributed by atoms with Crippen LogP contribution in [-0.4, -0.2) is 22.9 Å². The molecule has 10 rings (SSSR count). The largest absolute Gasteiger partial charge is 0.490 e. The van der Waals surface area contributed by atoms with E-state index in [9.17, 15) is 27.2 Å². The lowest BCUT2D eigenvalue weighted by atomic mass is 9.84. The van der Waals surface area contributed by atoms with Crippen LogP contribution in [0.2, 0.25) is 0 Å². The molecule has 74 heavy (non-hydrogen) atoms. The first-order chi connectivity index (χ1) is 35.8. The van der Waals surface area contributed by atoms with Crippen molar-refractivity contribution in [3.05, 3.63) is 214 Å². The number of nitrogens with zero attached hydrogens (tertiary/aromatic N) is 1. The maximum absolute atomic E-state index is 13.7. The van der Waals surface area contributed by atoms with Crippen molar-refractivity contribution in [2.75, 3.05) is 0 Å². The molecule has 0 aliphatic heterocycles. The zero-order valence-corrected chi connectivity index (χ0v) is 42.3. The predicted octanol–water partition coefficient (Wildman–Crippen LogP) is 16.2. The molecule has 376 valence electrons. The summed E-state index contributed by atoms with van der Waals surface area (Å²) < 4.78 is 66.4. The second-order valence-corrected chi connectivity index (χ2v) is 19.9. The fraction of sp³-hybridized carbons (Fsp3) is 0.210. The quantitative estimate of drug-likeness (QED) is 0.106. The highest BCUT2D eigenvalue weighted by Crippen LogP contribution is 2.40. The number of fused-ring (bicyclic) bond motifs is 2. The zero-order valence-electron chi connectivity index (χ0n) is 41.5. The van der Waals surface area contributed by atoms with Gasteiger partial charge in [-0.25, -0.2) is 22.5 Å². The monoisotopic (exact) mass is 1010 g/mol. The molecule has 1 aliphatic carbocycles. The molecule has 1 saturated carbocycles. The number of carbonyl (C=O) groups is 2. The zero-order chi connectivity index (χ0) is 51.9. The van der Waals surface area contributed by atoms with E-state index in [1.807, 2.05) is 128 Å². The lowest BCUT2D eigenvalue weighted by molar-refractivity contribution is 0.0943. The minimum absolute atomic E-state index is 0.00513. The summed E-state index contributed by atoms with van der Waals surface area (Å²) in [6, 6.07) is 44.4. The van der Waals surface area contributed by atoms with Gasteiger partial charge in [-0.3, -0.25) is 9.59 Å². The van der Waals surface area contributed by atoms with Gasteiger partial charge in [0.05, 0.1) is 28.4 Å². The maximum atomic E-state index is 13.7. The van der Waals surface area contributed by atoms with Gasteiger partial charge in [-0.15, -0.1) is 11.3 Å². The summed E-state index contributed by atoms with van der Waals surface area (Å²) in [5, 5.41) is 11.0. The molecule has 0 atom stereocenters. The first-order valence-corrected chi connectivity index (χ1v) is 25.7. The predicted molar refractivity (Wildman–Crippen MR) is 287 cm³/mol. The third kappa shape index (κ3) is 11.7. The van der Waals surface area contributed by atoms with E-state index in [1.54, 1.807) is 0 Å². The van der Waals surface area contributed by atoms with Gasteiger partial charge < -0.3 is 20.1 Å². The van der Waals surface area contributed by atoms with Crippen molar-refractivity contribution in [2.45, 2.75) is 84.4 Å². The number of amides is 2. The van der Waals surface area contributed by atoms with Crippen LogP contribution in [0.5, 0.6) is 16.6 Å². The van der Waals surface area contributed by atoms with E-state index >= 15 is 0 Å². The summed E-state index contributed by atoms with van der Waals surface area (Å²) in [6.45, 7) is 8.35. The third-order valence-electron chi connectivity index (χ3n) is 13.1. The molecule has 7 nitrogen and oxygen atoms in total. The van der Waals surface area contributed by atoms with Crippen LogP contribution in [0.3, 0.4) is 0 Å². The van der Waals surface area contributed by atoms with Gasteiger partial charge in [-0.1, -0.05) is 100 Å². The topological polar surface area (TPSA) is 89.6 Å². The molecule has 2 N–H and O–H groups in total. The van der Waals surface area contributed by atoms with E-state index in [0.29, 0.717) is 33.5 Å². The van der Waals surface area contributed by atoms with Gasteiger partial charge in [0.15, 0.2) is 28.3 Å². The summed E-state index contributed by atoms with van der Waals surface area (Å²) in [6.07, 6.45) is 4.65. The number of hydrogen-bond acceptors (Lipinski definition) is 6. The van der Waals surface area contributed by atoms with E-state index in [1.165, 1.54) is 36.3 Å². The molecule has 2 heterocycles. The molecule has 1 aliphatic rings. The molecule has 2 aromatic heterocycles. The summed E-state index contributed by atoms with van der Waals surface area (Å²) in [4.78, 5) is 32.5. The van der Waals surface area contributed by atoms with Crippen molar-refractivity contribution in [1.29, 1.82) is 0 Å². The molecule has 0 saturated heterocycles. The van der Waals surface area contributed by atoms with E-state index in [2.05, 4.69) is 30.5 Å². The Morgan fingerprint density at radius 1 is 0.595 bits per heavy atom. The minimum atomic E-state index is -0.940. The molecular formula is C62H55F4N3O4S. The number of carbonyl (C=O) groups excluding carboxylic acids is 2. The molecular weight excluding hydrogens is 959 g/mol. The molecule has 7 aromatic carbocycles. The van der Waals surface area contributed by atoms with Crippen LogP contribution in [0, 0.1) is 23.3 Å². The van der Waals surface area contributed by atoms with Crippen LogP contribution in [0.4, 0.5) is 17.6 Å². The van der Waals surface area contributed by atoms with Crippen LogP contribution >= 0.6 is 11.3 Å². The third-order valence-corrected chi connectivity index (χ3v) is 13.8. The normalized spacial score (nSPS) is 12.5. The van der Waals surface area contributed by atoms with E-state index < -0.39 is 23.3 Å². The number of rotatable bonds is 14. The van der Waals surface area contributed by atoms with E-state index in [-0.39, 0.29) is 42.8 Å². The molecule has 9 aromatic rings. The molecule has 0 spiro atoms. The molecule has 12 heteroatoms. The summed E-state index contributed by atoms with van der Waals surface area (Å²) >= 11 is 1.51. The standard InChI is InChI=1S/C31H30F2N2O2.C31H25F2NO2S/c1-19(2)28-29(31(36)34-18-20-12-15-25(32)26(33)16-20)24-14-13-23(37-22-10-6-7-11-22)17-27(24)35-30(28)21-8-4-3-5-9-21;1-19(2)29-25(21-7-4-3-5-8-21)17-22-16-23(36-28-9-6-14-37-28)11-12-24(22)30(29)31(35)34-18-20-10-13-26(32)27(33)15-20/h3-5,8-9,12-17,19,22H,6-7,10-11,18H2,1-2H3,(H,34,36);3-17,19H,18H2,1-2H3,(H,34,35). The lowest BCUT2D eigenvalue weighted by Crippen LogP contribution is -2.25. The summed E-state index contributed by atoms with van der Waals surface area (Å²) in [5.74, 6) is -2.80. The molecule has 0 radical (unpaired) electrons. The molecule has 0 bridgehead atoms. The van der Waals surface area contributed by atoms with Crippen LogP contribution in [-0.2, 0) is 13.1 Å². The van der Waals surface area contributed by atoms with Crippen molar-refractivity contribution in [2.24, 2.45) is 0 Å². The Balaban J connectivity index is 0.000000182. The maximum Gasteiger partial charge on any atom is 0.252 e. The Kier molecular flexibility index (Phi) is 15.8. The average Bonchev–Trinajstić information content (AvgIpc) is 4.14. The van der Waals surface area contributed by atoms with Crippen molar-refractivity contribution >= 4 is 44.8 Å². The number of halogens is 4. The van der Waals surface area contributed by atoms with Crippen molar-refractivity contribution < 1.29 is 36.6 Å². The number of ether oxygens (including phenoxy) is 2. The molecule has 2 amide bonds. The van der Waals surface area contributed by atoms with Crippen molar-refractivity contribution in [1.82, 2.24) is 15.6 Å². The van der Waals surface area contributed by atoms with Crippen molar-refractivity contribution in [3.8, 4) is 38.9 Å².